The van der Waals surface area contributed by atoms with Gasteiger partial charge in [-0.25, -0.2) is 0 Å². The van der Waals surface area contributed by atoms with Gasteiger partial charge in [0.2, 0.25) is 11.8 Å². The predicted octanol–water partition coefficient (Wildman–Crippen LogP) is 0.00780. The molecule has 0 aliphatic heterocycles. The number of hydrogen-bond donors (Lipinski definition) is 4. The van der Waals surface area contributed by atoms with E-state index in [1.54, 1.807) is 0 Å². The van der Waals surface area contributed by atoms with Crippen molar-refractivity contribution in [1.29, 1.82) is 0 Å². The zero-order valence-corrected chi connectivity index (χ0v) is 12.2. The Balaban J connectivity index is 2.16. The largest absolute Gasteiger partial charge is 0.353 e. The van der Waals surface area contributed by atoms with Gasteiger partial charge >= 0.3 is 0 Å². The van der Waals surface area contributed by atoms with E-state index in [0.717, 1.165) is 38.5 Å². The van der Waals surface area contributed by atoms with Crippen molar-refractivity contribution in [1.82, 2.24) is 10.6 Å². The highest BCUT2D eigenvalue weighted by atomic mass is 16.2. The fourth-order valence-corrected chi connectivity index (χ4v) is 2.51. The molecule has 1 fully saturated rings. The van der Waals surface area contributed by atoms with Gasteiger partial charge in [-0.15, -0.1) is 0 Å². The summed E-state index contributed by atoms with van der Waals surface area (Å²) in [5, 5.41) is 6.08. The smallest absolute Gasteiger partial charge is 0.220 e. The number of carbonyl (C=O) groups is 2. The molecular weight excluding hydrogens is 256 g/mol. The lowest BCUT2D eigenvalue weighted by molar-refractivity contribution is -0.123. The molecule has 6 nitrogen and oxygen atoms in total. The fourth-order valence-electron chi connectivity index (χ4n) is 2.51. The molecule has 1 saturated carbocycles. The number of carbonyl (C=O) groups excluding carboxylic acids is 2. The zero-order chi connectivity index (χ0) is 14.8. The minimum atomic E-state index is 0.0888. The van der Waals surface area contributed by atoms with Crippen LogP contribution in [0.4, 0.5) is 0 Å². The van der Waals surface area contributed by atoms with Crippen LogP contribution < -0.4 is 22.1 Å². The molecule has 0 aromatic heterocycles. The third-order valence-corrected chi connectivity index (χ3v) is 3.67. The van der Waals surface area contributed by atoms with Gasteiger partial charge in [-0.2, -0.15) is 0 Å². The third-order valence-electron chi connectivity index (χ3n) is 3.67. The summed E-state index contributed by atoms with van der Waals surface area (Å²) in [6.45, 7) is 1.10. The first-order chi connectivity index (χ1) is 9.65. The van der Waals surface area contributed by atoms with Crippen LogP contribution in [-0.4, -0.2) is 37.0 Å². The van der Waals surface area contributed by atoms with E-state index >= 15 is 0 Å². The Morgan fingerprint density at radius 2 is 1.15 bits per heavy atom. The van der Waals surface area contributed by atoms with Crippen LogP contribution in [0.1, 0.15) is 51.4 Å². The van der Waals surface area contributed by atoms with Crippen LogP contribution in [0, 0.1) is 0 Å². The quantitative estimate of drug-likeness (QED) is 0.503. The van der Waals surface area contributed by atoms with Gasteiger partial charge in [-0.3, -0.25) is 9.59 Å². The molecule has 1 aliphatic carbocycles. The van der Waals surface area contributed by atoms with Crippen molar-refractivity contribution in [2.75, 3.05) is 13.1 Å². The molecule has 0 unspecified atom stereocenters. The number of nitrogens with two attached hydrogens (primary N) is 2. The topological polar surface area (TPSA) is 110 Å². The van der Waals surface area contributed by atoms with Gasteiger partial charge in [0, 0.05) is 24.9 Å². The van der Waals surface area contributed by atoms with E-state index in [1.165, 1.54) is 0 Å². The Morgan fingerprint density at radius 3 is 1.45 bits per heavy atom. The highest BCUT2D eigenvalue weighted by Gasteiger charge is 2.23. The summed E-state index contributed by atoms with van der Waals surface area (Å²) in [6, 6.07) is 0.495. The molecule has 0 heterocycles. The van der Waals surface area contributed by atoms with Crippen LogP contribution in [0.2, 0.25) is 0 Å². The van der Waals surface area contributed by atoms with Crippen molar-refractivity contribution in [3.8, 4) is 0 Å². The van der Waals surface area contributed by atoms with Crippen LogP contribution in [0.5, 0.6) is 0 Å². The summed E-state index contributed by atoms with van der Waals surface area (Å²) in [6.07, 6.45) is 6.19. The average molecular weight is 284 g/mol. The number of hydrogen-bond acceptors (Lipinski definition) is 4. The van der Waals surface area contributed by atoms with Gasteiger partial charge in [0.1, 0.15) is 0 Å². The summed E-state index contributed by atoms with van der Waals surface area (Å²) in [5.74, 6) is 0.178. The lowest BCUT2D eigenvalue weighted by Crippen LogP contribution is -2.43. The lowest BCUT2D eigenvalue weighted by atomic mass is 9.91. The van der Waals surface area contributed by atoms with Gasteiger partial charge in [-0.1, -0.05) is 0 Å². The van der Waals surface area contributed by atoms with Crippen molar-refractivity contribution in [2.24, 2.45) is 11.5 Å². The Labute approximate surface area is 121 Å². The first-order valence-corrected chi connectivity index (χ1v) is 7.64. The Kier molecular flexibility index (Phi) is 8.22. The van der Waals surface area contributed by atoms with E-state index in [2.05, 4.69) is 10.6 Å². The number of amides is 2. The molecule has 0 bridgehead atoms. The average Bonchev–Trinajstić information content (AvgIpc) is 2.45. The first-order valence-electron chi connectivity index (χ1n) is 7.64. The highest BCUT2D eigenvalue weighted by Crippen LogP contribution is 2.19. The summed E-state index contributed by atoms with van der Waals surface area (Å²) < 4.78 is 0. The van der Waals surface area contributed by atoms with Crippen LogP contribution >= 0.6 is 0 Å². The van der Waals surface area contributed by atoms with E-state index in [9.17, 15) is 9.59 Å². The van der Waals surface area contributed by atoms with Crippen molar-refractivity contribution in [3.05, 3.63) is 0 Å². The summed E-state index contributed by atoms with van der Waals surface area (Å²) in [7, 11) is 0. The molecule has 1 aliphatic rings. The molecule has 0 aromatic rings. The zero-order valence-electron chi connectivity index (χ0n) is 12.2. The second kappa shape index (κ2) is 9.72. The van der Waals surface area contributed by atoms with E-state index < -0.39 is 0 Å². The minimum Gasteiger partial charge on any atom is -0.353 e. The number of nitrogens with one attached hydrogen (secondary N) is 2. The molecule has 1 rings (SSSR count). The standard InChI is InChI=1S/C14H28N4O2/c15-9-1-3-13(19)17-11-5-7-12(8-6-11)18-14(20)4-2-10-16/h11-12H,1-10,15-16H2,(H,17,19)(H,18,20). The highest BCUT2D eigenvalue weighted by molar-refractivity contribution is 5.76. The van der Waals surface area contributed by atoms with Gasteiger partial charge in [0.15, 0.2) is 0 Å². The Bertz CT molecular complexity index is 272. The van der Waals surface area contributed by atoms with Gasteiger partial charge in [0.05, 0.1) is 0 Å². The van der Waals surface area contributed by atoms with E-state index in [4.69, 9.17) is 11.5 Å². The molecule has 116 valence electrons. The molecular formula is C14H28N4O2. The van der Waals surface area contributed by atoms with Crippen molar-refractivity contribution in [2.45, 2.75) is 63.5 Å². The van der Waals surface area contributed by atoms with E-state index in [1.807, 2.05) is 0 Å². The summed E-state index contributed by atoms with van der Waals surface area (Å²) in [4.78, 5) is 23.2. The van der Waals surface area contributed by atoms with Gasteiger partial charge in [0.25, 0.3) is 0 Å². The maximum Gasteiger partial charge on any atom is 0.220 e. The maximum atomic E-state index is 11.6. The lowest BCUT2D eigenvalue weighted by Gasteiger charge is -2.29. The van der Waals surface area contributed by atoms with Crippen molar-refractivity contribution >= 4 is 11.8 Å². The minimum absolute atomic E-state index is 0.0888. The second-order valence-electron chi connectivity index (χ2n) is 5.47. The van der Waals surface area contributed by atoms with Crippen LogP contribution in [0.25, 0.3) is 0 Å². The van der Waals surface area contributed by atoms with Gasteiger partial charge in [-0.05, 0) is 51.6 Å². The molecule has 0 saturated heterocycles. The fraction of sp³-hybridized carbons (Fsp3) is 0.857. The van der Waals surface area contributed by atoms with Crippen molar-refractivity contribution in [3.63, 3.8) is 0 Å². The van der Waals surface area contributed by atoms with E-state index in [0.29, 0.717) is 25.9 Å². The molecule has 6 N–H and O–H groups in total. The molecule has 0 radical (unpaired) electrons. The SMILES string of the molecule is NCCCC(=O)NC1CCC(NC(=O)CCCN)CC1. The molecule has 0 aromatic carbocycles. The normalized spacial score (nSPS) is 22.3. The molecule has 2 amide bonds. The molecule has 20 heavy (non-hydrogen) atoms. The van der Waals surface area contributed by atoms with E-state index in [-0.39, 0.29) is 23.9 Å². The monoisotopic (exact) mass is 284 g/mol. The molecule has 6 heteroatoms. The van der Waals surface area contributed by atoms with Crippen molar-refractivity contribution < 1.29 is 9.59 Å². The maximum absolute atomic E-state index is 11.6. The summed E-state index contributed by atoms with van der Waals surface area (Å²) in [5.41, 5.74) is 10.8. The Hall–Kier alpha value is -1.14. The summed E-state index contributed by atoms with van der Waals surface area (Å²) >= 11 is 0. The predicted molar refractivity (Wildman–Crippen MR) is 78.9 cm³/mol. The molecule has 0 spiro atoms. The second-order valence-corrected chi connectivity index (χ2v) is 5.47. The van der Waals surface area contributed by atoms with Crippen LogP contribution in [0.3, 0.4) is 0 Å². The third kappa shape index (κ3) is 6.86. The van der Waals surface area contributed by atoms with Crippen LogP contribution in [0.15, 0.2) is 0 Å². The Morgan fingerprint density at radius 1 is 0.800 bits per heavy atom. The van der Waals surface area contributed by atoms with Gasteiger partial charge < -0.3 is 22.1 Å². The molecule has 0 atom stereocenters. The van der Waals surface area contributed by atoms with Crippen LogP contribution in [-0.2, 0) is 9.59 Å². The number of rotatable bonds is 8. The first kappa shape index (κ1) is 16.9.